The third kappa shape index (κ3) is 4.44. The largest absolute Gasteiger partial charge is 0.358 e. The number of nitrogens with zero attached hydrogens (tertiary/aromatic N) is 1. The Bertz CT molecular complexity index is 703. The van der Waals surface area contributed by atoms with Crippen LogP contribution in [0.25, 0.3) is 10.9 Å². The van der Waals surface area contributed by atoms with Gasteiger partial charge in [-0.1, -0.05) is 32.8 Å². The van der Waals surface area contributed by atoms with Gasteiger partial charge in [-0.3, -0.25) is 4.79 Å². The SMILES string of the molecule is CCCCc1ccc2[nH]c(C)c(CN(C)CCCC)c(=O)c2c1. The highest BCUT2D eigenvalue weighted by Gasteiger charge is 2.12. The molecule has 126 valence electrons. The fraction of sp³-hybridized carbons (Fsp3) is 0.550. The van der Waals surface area contributed by atoms with Crippen molar-refractivity contribution in [3.8, 4) is 0 Å². The summed E-state index contributed by atoms with van der Waals surface area (Å²) in [7, 11) is 2.09. The van der Waals surface area contributed by atoms with Crippen LogP contribution in [0.3, 0.4) is 0 Å². The number of rotatable bonds is 8. The second-order valence-electron chi connectivity index (χ2n) is 6.63. The average Bonchev–Trinajstić information content (AvgIpc) is 2.55. The van der Waals surface area contributed by atoms with E-state index in [1.54, 1.807) is 0 Å². The summed E-state index contributed by atoms with van der Waals surface area (Å²) >= 11 is 0. The van der Waals surface area contributed by atoms with Crippen molar-refractivity contribution in [2.45, 2.75) is 59.4 Å². The van der Waals surface area contributed by atoms with Gasteiger partial charge in [-0.25, -0.2) is 0 Å². The number of pyridine rings is 1. The minimum absolute atomic E-state index is 0.193. The molecule has 0 radical (unpaired) electrons. The second kappa shape index (κ2) is 8.30. The Balaban J connectivity index is 2.35. The predicted octanol–water partition coefficient (Wildman–Crippen LogP) is 4.41. The van der Waals surface area contributed by atoms with E-state index in [0.717, 1.165) is 41.7 Å². The van der Waals surface area contributed by atoms with Crippen molar-refractivity contribution >= 4 is 10.9 Å². The molecule has 2 aromatic rings. The van der Waals surface area contributed by atoms with Gasteiger partial charge >= 0.3 is 0 Å². The van der Waals surface area contributed by atoms with E-state index in [4.69, 9.17) is 0 Å². The molecule has 0 spiro atoms. The van der Waals surface area contributed by atoms with Crippen LogP contribution in [0.2, 0.25) is 0 Å². The average molecular weight is 314 g/mol. The van der Waals surface area contributed by atoms with Gasteiger partial charge in [-0.15, -0.1) is 0 Å². The topological polar surface area (TPSA) is 36.1 Å². The number of hydrogen-bond donors (Lipinski definition) is 1. The Morgan fingerprint density at radius 3 is 2.57 bits per heavy atom. The molecule has 0 bridgehead atoms. The lowest BCUT2D eigenvalue weighted by Gasteiger charge is -2.17. The molecule has 0 saturated heterocycles. The van der Waals surface area contributed by atoms with Crippen LogP contribution in [-0.4, -0.2) is 23.5 Å². The van der Waals surface area contributed by atoms with Gasteiger partial charge in [0, 0.05) is 28.7 Å². The van der Waals surface area contributed by atoms with Crippen molar-refractivity contribution in [3.63, 3.8) is 0 Å². The zero-order chi connectivity index (χ0) is 16.8. The lowest BCUT2D eigenvalue weighted by Crippen LogP contribution is -2.25. The molecule has 1 heterocycles. The maximum atomic E-state index is 12.9. The maximum absolute atomic E-state index is 12.9. The van der Waals surface area contributed by atoms with Crippen LogP contribution in [0.15, 0.2) is 23.0 Å². The minimum Gasteiger partial charge on any atom is -0.358 e. The number of aryl methyl sites for hydroxylation is 2. The van der Waals surface area contributed by atoms with Crippen molar-refractivity contribution in [3.05, 3.63) is 45.2 Å². The minimum atomic E-state index is 0.193. The second-order valence-corrected chi connectivity index (χ2v) is 6.63. The van der Waals surface area contributed by atoms with Crippen LogP contribution in [0.1, 0.15) is 56.4 Å². The summed E-state index contributed by atoms with van der Waals surface area (Å²) in [5.74, 6) is 0. The van der Waals surface area contributed by atoms with Gasteiger partial charge in [0.05, 0.1) is 0 Å². The first-order valence-electron chi connectivity index (χ1n) is 8.89. The van der Waals surface area contributed by atoms with Gasteiger partial charge in [0.1, 0.15) is 0 Å². The predicted molar refractivity (Wildman–Crippen MR) is 99.2 cm³/mol. The van der Waals surface area contributed by atoms with Crippen molar-refractivity contribution < 1.29 is 0 Å². The van der Waals surface area contributed by atoms with Gasteiger partial charge in [0.15, 0.2) is 5.43 Å². The molecule has 0 aliphatic heterocycles. The quantitative estimate of drug-likeness (QED) is 0.783. The molecular formula is C20H30N2O. The van der Waals surface area contributed by atoms with E-state index in [1.807, 2.05) is 6.92 Å². The van der Waals surface area contributed by atoms with E-state index >= 15 is 0 Å². The molecule has 1 N–H and O–H groups in total. The van der Waals surface area contributed by atoms with E-state index in [9.17, 15) is 4.79 Å². The van der Waals surface area contributed by atoms with Crippen molar-refractivity contribution in [1.82, 2.24) is 9.88 Å². The summed E-state index contributed by atoms with van der Waals surface area (Å²) < 4.78 is 0. The summed E-state index contributed by atoms with van der Waals surface area (Å²) in [4.78, 5) is 18.6. The molecule has 0 unspecified atom stereocenters. The van der Waals surface area contributed by atoms with Crippen molar-refractivity contribution in [1.29, 1.82) is 0 Å². The Labute approximate surface area is 139 Å². The Hall–Kier alpha value is -1.61. The van der Waals surface area contributed by atoms with Crippen LogP contribution < -0.4 is 5.43 Å². The van der Waals surface area contributed by atoms with Crippen LogP contribution in [0.5, 0.6) is 0 Å². The number of hydrogen-bond acceptors (Lipinski definition) is 2. The van der Waals surface area contributed by atoms with E-state index in [-0.39, 0.29) is 5.43 Å². The number of benzene rings is 1. The van der Waals surface area contributed by atoms with Gasteiger partial charge < -0.3 is 9.88 Å². The number of unbranched alkanes of at least 4 members (excludes halogenated alkanes) is 2. The smallest absolute Gasteiger partial charge is 0.194 e. The monoisotopic (exact) mass is 314 g/mol. The summed E-state index contributed by atoms with van der Waals surface area (Å²) in [6.07, 6.45) is 5.74. The molecule has 0 fully saturated rings. The van der Waals surface area contributed by atoms with E-state index in [1.165, 1.54) is 31.2 Å². The van der Waals surface area contributed by atoms with Crippen molar-refractivity contribution in [2.75, 3.05) is 13.6 Å². The number of aromatic nitrogens is 1. The Morgan fingerprint density at radius 1 is 1.13 bits per heavy atom. The van der Waals surface area contributed by atoms with E-state index in [0.29, 0.717) is 0 Å². The zero-order valence-corrected chi connectivity index (χ0v) is 15.0. The van der Waals surface area contributed by atoms with Crippen molar-refractivity contribution in [2.24, 2.45) is 0 Å². The lowest BCUT2D eigenvalue weighted by molar-refractivity contribution is 0.319. The maximum Gasteiger partial charge on any atom is 0.194 e. The normalized spacial score (nSPS) is 11.5. The molecule has 3 heteroatoms. The molecule has 0 aliphatic carbocycles. The molecule has 2 rings (SSSR count). The first kappa shape index (κ1) is 17.7. The summed E-state index contributed by atoms with van der Waals surface area (Å²) in [6.45, 7) is 8.15. The summed E-state index contributed by atoms with van der Waals surface area (Å²) in [5, 5.41) is 0.836. The lowest BCUT2D eigenvalue weighted by atomic mass is 10.0. The number of aromatic amines is 1. The highest BCUT2D eigenvalue weighted by molar-refractivity contribution is 5.80. The molecule has 3 nitrogen and oxygen atoms in total. The highest BCUT2D eigenvalue weighted by atomic mass is 16.1. The Kier molecular flexibility index (Phi) is 6.40. The molecule has 0 saturated carbocycles. The molecular weight excluding hydrogens is 284 g/mol. The third-order valence-corrected chi connectivity index (χ3v) is 4.52. The van der Waals surface area contributed by atoms with Crippen LogP contribution >= 0.6 is 0 Å². The van der Waals surface area contributed by atoms with Crippen LogP contribution in [-0.2, 0) is 13.0 Å². The molecule has 0 aliphatic rings. The fourth-order valence-electron chi connectivity index (χ4n) is 3.00. The van der Waals surface area contributed by atoms with E-state index in [2.05, 4.69) is 49.0 Å². The molecule has 1 aromatic carbocycles. The standard InChI is InChI=1S/C20H30N2O/c1-5-7-9-16-10-11-19-17(13-16)20(23)18(15(3)21-19)14-22(4)12-8-6-2/h10-11,13H,5-9,12,14H2,1-4H3,(H,21,23). The molecule has 1 aromatic heterocycles. The van der Waals surface area contributed by atoms with Gasteiger partial charge in [0.2, 0.25) is 0 Å². The zero-order valence-electron chi connectivity index (χ0n) is 15.0. The van der Waals surface area contributed by atoms with E-state index < -0.39 is 0 Å². The summed E-state index contributed by atoms with van der Waals surface area (Å²) in [6, 6.07) is 6.28. The third-order valence-electron chi connectivity index (χ3n) is 4.52. The first-order chi connectivity index (χ1) is 11.1. The number of H-pyrrole nitrogens is 1. The highest BCUT2D eigenvalue weighted by Crippen LogP contribution is 2.16. The Morgan fingerprint density at radius 2 is 1.87 bits per heavy atom. The molecule has 0 amide bonds. The fourth-order valence-corrected chi connectivity index (χ4v) is 3.00. The van der Waals surface area contributed by atoms with Crippen LogP contribution in [0.4, 0.5) is 0 Å². The molecule has 0 atom stereocenters. The summed E-state index contributed by atoms with van der Waals surface area (Å²) in [5.41, 5.74) is 4.31. The number of nitrogens with one attached hydrogen (secondary N) is 1. The number of fused-ring (bicyclic) bond motifs is 1. The first-order valence-corrected chi connectivity index (χ1v) is 8.89. The van der Waals surface area contributed by atoms with Crippen LogP contribution in [0, 0.1) is 6.92 Å². The molecule has 23 heavy (non-hydrogen) atoms. The van der Waals surface area contributed by atoms with Gasteiger partial charge in [-0.05, 0) is 57.5 Å². The van der Waals surface area contributed by atoms with Gasteiger partial charge in [-0.2, -0.15) is 0 Å². The van der Waals surface area contributed by atoms with Gasteiger partial charge in [0.25, 0.3) is 0 Å².